The second-order valence-corrected chi connectivity index (χ2v) is 4.99. The Hall–Kier alpha value is -2.15. The van der Waals surface area contributed by atoms with E-state index in [4.69, 9.17) is 4.74 Å². The van der Waals surface area contributed by atoms with Crippen LogP contribution < -0.4 is 10.6 Å². The molecule has 2 N–H and O–H groups in total. The number of hydrogen-bond donors (Lipinski definition) is 2. The number of amides is 1. The fourth-order valence-corrected chi connectivity index (χ4v) is 2.33. The number of methoxy groups -OCH3 is 1. The van der Waals surface area contributed by atoms with Gasteiger partial charge in [-0.05, 0) is 30.9 Å². The van der Waals surface area contributed by atoms with Gasteiger partial charge < -0.3 is 15.4 Å². The van der Waals surface area contributed by atoms with Gasteiger partial charge in [0.2, 0.25) is 5.91 Å². The van der Waals surface area contributed by atoms with Crippen molar-refractivity contribution in [2.24, 2.45) is 0 Å². The van der Waals surface area contributed by atoms with E-state index in [1.54, 1.807) is 13.2 Å². The van der Waals surface area contributed by atoms with Gasteiger partial charge in [-0.1, -0.05) is 0 Å². The highest BCUT2D eigenvalue weighted by Crippen LogP contribution is 2.34. The van der Waals surface area contributed by atoms with Crippen molar-refractivity contribution in [3.8, 4) is 0 Å². The molecule has 0 radical (unpaired) electrons. The van der Waals surface area contributed by atoms with E-state index in [-0.39, 0.29) is 18.0 Å². The number of unbranched alkanes of at least 4 members (excludes halogenated alkanes) is 2. The first-order valence-corrected chi connectivity index (χ1v) is 6.96. The molecule has 7 nitrogen and oxygen atoms in total. The molecule has 0 aliphatic carbocycles. The molecule has 0 fully saturated rings. The molecule has 2 rings (SSSR count). The fourth-order valence-electron chi connectivity index (χ4n) is 2.33. The van der Waals surface area contributed by atoms with Crippen molar-refractivity contribution < 1.29 is 14.5 Å². The molecule has 1 aliphatic rings. The minimum absolute atomic E-state index is 0.0159. The normalized spacial score (nSPS) is 12.9. The van der Waals surface area contributed by atoms with Gasteiger partial charge in [0.15, 0.2) is 0 Å². The van der Waals surface area contributed by atoms with Gasteiger partial charge in [0.25, 0.3) is 5.69 Å². The number of nitrogens with zero attached hydrogens (tertiary/aromatic N) is 1. The third-order valence-corrected chi connectivity index (χ3v) is 3.38. The van der Waals surface area contributed by atoms with E-state index in [0.717, 1.165) is 25.9 Å². The second-order valence-electron chi connectivity index (χ2n) is 4.99. The summed E-state index contributed by atoms with van der Waals surface area (Å²) in [6.45, 7) is 1.38. The standard InChI is InChI=1S/C14H19N3O4/c1-21-6-4-2-3-5-15-12-9-11-10(8-14(18)16-11)7-13(12)17(19)20/h7,9,15H,2-6,8H2,1H3,(H,16,18). The molecule has 0 atom stereocenters. The van der Waals surface area contributed by atoms with E-state index in [1.807, 2.05) is 0 Å². The summed E-state index contributed by atoms with van der Waals surface area (Å²) in [5.74, 6) is -0.129. The third-order valence-electron chi connectivity index (χ3n) is 3.38. The van der Waals surface area contributed by atoms with Gasteiger partial charge in [-0.25, -0.2) is 0 Å². The molecule has 1 amide bonds. The molecule has 7 heteroatoms. The number of anilines is 2. The van der Waals surface area contributed by atoms with Gasteiger partial charge in [-0.15, -0.1) is 0 Å². The number of nitro groups is 1. The van der Waals surface area contributed by atoms with Crippen molar-refractivity contribution in [3.05, 3.63) is 27.8 Å². The highest BCUT2D eigenvalue weighted by atomic mass is 16.6. The average Bonchev–Trinajstić information content (AvgIpc) is 2.80. The monoisotopic (exact) mass is 293 g/mol. The molecule has 1 aliphatic heterocycles. The summed E-state index contributed by atoms with van der Waals surface area (Å²) in [7, 11) is 1.67. The summed E-state index contributed by atoms with van der Waals surface area (Å²) in [5.41, 5.74) is 1.81. The van der Waals surface area contributed by atoms with E-state index in [9.17, 15) is 14.9 Å². The number of ether oxygens (including phenoxy) is 1. The third kappa shape index (κ3) is 3.91. The van der Waals surface area contributed by atoms with Crippen LogP contribution in [0.15, 0.2) is 12.1 Å². The van der Waals surface area contributed by atoms with Gasteiger partial charge in [0.05, 0.1) is 11.3 Å². The molecular weight excluding hydrogens is 274 g/mol. The van der Waals surface area contributed by atoms with E-state index >= 15 is 0 Å². The van der Waals surface area contributed by atoms with Crippen molar-refractivity contribution in [1.29, 1.82) is 0 Å². The van der Waals surface area contributed by atoms with Crippen molar-refractivity contribution in [3.63, 3.8) is 0 Å². The maximum absolute atomic E-state index is 11.3. The van der Waals surface area contributed by atoms with Crippen LogP contribution in [-0.2, 0) is 16.0 Å². The molecular formula is C14H19N3O4. The van der Waals surface area contributed by atoms with Crippen LogP contribution >= 0.6 is 0 Å². The number of carbonyl (C=O) groups excluding carboxylic acids is 1. The van der Waals surface area contributed by atoms with Gasteiger partial charge in [-0.3, -0.25) is 14.9 Å². The van der Waals surface area contributed by atoms with E-state index in [1.165, 1.54) is 6.07 Å². The van der Waals surface area contributed by atoms with Gasteiger partial charge >= 0.3 is 0 Å². The maximum atomic E-state index is 11.3. The maximum Gasteiger partial charge on any atom is 0.292 e. The lowest BCUT2D eigenvalue weighted by Gasteiger charge is -2.09. The molecule has 0 saturated carbocycles. The first-order valence-electron chi connectivity index (χ1n) is 6.96. The number of fused-ring (bicyclic) bond motifs is 1. The first-order chi connectivity index (χ1) is 10.1. The highest BCUT2D eigenvalue weighted by molar-refractivity contribution is 6.00. The van der Waals surface area contributed by atoms with E-state index in [0.29, 0.717) is 23.5 Å². The number of nitrogens with one attached hydrogen (secondary N) is 2. The minimum atomic E-state index is -0.420. The quantitative estimate of drug-likeness (QED) is 0.436. The Bertz CT molecular complexity index is 545. The Balaban J connectivity index is 1.99. The lowest BCUT2D eigenvalue weighted by atomic mass is 10.1. The molecule has 0 saturated heterocycles. The lowest BCUT2D eigenvalue weighted by molar-refractivity contribution is -0.384. The summed E-state index contributed by atoms with van der Waals surface area (Å²) in [6.07, 6.45) is 3.08. The number of carbonyl (C=O) groups is 1. The van der Waals surface area contributed by atoms with Crippen LogP contribution in [0.5, 0.6) is 0 Å². The summed E-state index contributed by atoms with van der Waals surface area (Å²) in [5, 5.41) is 16.9. The predicted molar refractivity (Wildman–Crippen MR) is 79.6 cm³/mol. The zero-order chi connectivity index (χ0) is 15.2. The molecule has 0 aromatic heterocycles. The number of hydrogen-bond acceptors (Lipinski definition) is 5. The molecule has 1 aromatic rings. The molecule has 1 heterocycles. The highest BCUT2D eigenvalue weighted by Gasteiger charge is 2.24. The van der Waals surface area contributed by atoms with E-state index in [2.05, 4.69) is 10.6 Å². The average molecular weight is 293 g/mol. The summed E-state index contributed by atoms with van der Waals surface area (Å²) in [4.78, 5) is 22.0. The van der Waals surface area contributed by atoms with Crippen molar-refractivity contribution in [1.82, 2.24) is 0 Å². The SMILES string of the molecule is COCCCCCNc1cc2c(cc1[N+](=O)[O-])CC(=O)N2. The molecule has 21 heavy (non-hydrogen) atoms. The van der Waals surface area contributed by atoms with Crippen LogP contribution in [0, 0.1) is 10.1 Å². The number of rotatable bonds is 8. The Morgan fingerprint density at radius 1 is 1.38 bits per heavy atom. The number of benzene rings is 1. The molecule has 114 valence electrons. The molecule has 1 aromatic carbocycles. The molecule has 0 spiro atoms. The Morgan fingerprint density at radius 2 is 2.19 bits per heavy atom. The molecule has 0 unspecified atom stereocenters. The molecule has 0 bridgehead atoms. The Morgan fingerprint density at radius 3 is 2.90 bits per heavy atom. The predicted octanol–water partition coefficient (Wildman–Crippen LogP) is 2.32. The van der Waals surface area contributed by atoms with Crippen LogP contribution in [0.2, 0.25) is 0 Å². The van der Waals surface area contributed by atoms with Gasteiger partial charge in [0, 0.05) is 32.0 Å². The zero-order valence-electron chi connectivity index (χ0n) is 12.0. The van der Waals surface area contributed by atoms with Crippen molar-refractivity contribution in [2.45, 2.75) is 25.7 Å². The topological polar surface area (TPSA) is 93.5 Å². The fraction of sp³-hybridized carbons (Fsp3) is 0.500. The van der Waals surface area contributed by atoms with Crippen LogP contribution in [0.1, 0.15) is 24.8 Å². The smallest absolute Gasteiger partial charge is 0.292 e. The second kappa shape index (κ2) is 7.03. The van der Waals surface area contributed by atoms with Crippen molar-refractivity contribution >= 4 is 23.0 Å². The van der Waals surface area contributed by atoms with Crippen LogP contribution in [0.4, 0.5) is 17.1 Å². The van der Waals surface area contributed by atoms with Crippen LogP contribution in [-0.4, -0.2) is 31.1 Å². The lowest BCUT2D eigenvalue weighted by Crippen LogP contribution is -2.06. The van der Waals surface area contributed by atoms with E-state index < -0.39 is 4.92 Å². The Kier molecular flexibility index (Phi) is 5.10. The summed E-state index contributed by atoms with van der Waals surface area (Å²) < 4.78 is 4.97. The van der Waals surface area contributed by atoms with Gasteiger partial charge in [-0.2, -0.15) is 0 Å². The summed E-state index contributed by atoms with van der Waals surface area (Å²) in [6, 6.07) is 3.12. The minimum Gasteiger partial charge on any atom is -0.385 e. The van der Waals surface area contributed by atoms with Crippen molar-refractivity contribution in [2.75, 3.05) is 30.9 Å². The zero-order valence-corrected chi connectivity index (χ0v) is 12.0. The van der Waals surface area contributed by atoms with Gasteiger partial charge in [0.1, 0.15) is 5.69 Å². The first kappa shape index (κ1) is 15.2. The Labute approximate surface area is 122 Å². The number of nitro benzene ring substituents is 1. The summed E-state index contributed by atoms with van der Waals surface area (Å²) >= 11 is 0. The largest absolute Gasteiger partial charge is 0.385 e. The van der Waals surface area contributed by atoms with Crippen LogP contribution in [0.25, 0.3) is 0 Å². The van der Waals surface area contributed by atoms with Crippen LogP contribution in [0.3, 0.4) is 0 Å².